The third kappa shape index (κ3) is 4.41. The number of likely N-dealkylation sites (tertiary alicyclic amines) is 1. The van der Waals surface area contributed by atoms with E-state index in [9.17, 15) is 10.1 Å². The Morgan fingerprint density at radius 1 is 1.48 bits per heavy atom. The first kappa shape index (κ1) is 15.7. The minimum atomic E-state index is -0.387. The van der Waals surface area contributed by atoms with Crippen LogP contribution in [0, 0.1) is 16.0 Å². The summed E-state index contributed by atoms with van der Waals surface area (Å²) in [5.41, 5.74) is 0.954. The Kier molecular flexibility index (Phi) is 5.52. The third-order valence-corrected chi connectivity index (χ3v) is 3.98. The number of nitro groups is 1. The van der Waals surface area contributed by atoms with Crippen molar-refractivity contribution in [3.63, 3.8) is 0 Å². The highest BCUT2D eigenvalue weighted by molar-refractivity contribution is 5.42. The molecule has 0 spiro atoms. The Hall–Kier alpha value is -1.66. The highest BCUT2D eigenvalue weighted by atomic mass is 16.6. The van der Waals surface area contributed by atoms with Gasteiger partial charge in [-0.1, -0.05) is 6.92 Å². The lowest BCUT2D eigenvalue weighted by atomic mass is 10.1. The molecule has 0 aliphatic carbocycles. The van der Waals surface area contributed by atoms with Crippen LogP contribution in [0.4, 0.5) is 5.69 Å². The molecule has 0 bridgehead atoms. The van der Waals surface area contributed by atoms with E-state index in [1.165, 1.54) is 26.1 Å². The normalized spacial score (nSPS) is 18.9. The maximum absolute atomic E-state index is 10.9. The van der Waals surface area contributed by atoms with Gasteiger partial charge in [0, 0.05) is 19.2 Å². The van der Waals surface area contributed by atoms with Crippen molar-refractivity contribution in [2.75, 3.05) is 33.3 Å². The van der Waals surface area contributed by atoms with Crippen LogP contribution in [0.3, 0.4) is 0 Å². The Balaban J connectivity index is 1.88. The molecular formula is C15H23N3O3. The highest BCUT2D eigenvalue weighted by Gasteiger charge is 2.20. The van der Waals surface area contributed by atoms with E-state index in [2.05, 4.69) is 17.1 Å². The van der Waals surface area contributed by atoms with Crippen LogP contribution in [0.25, 0.3) is 0 Å². The minimum Gasteiger partial charge on any atom is -0.496 e. The van der Waals surface area contributed by atoms with Crippen molar-refractivity contribution in [3.8, 4) is 5.75 Å². The maximum atomic E-state index is 10.9. The summed E-state index contributed by atoms with van der Waals surface area (Å²) in [7, 11) is 1.52. The fourth-order valence-electron chi connectivity index (χ4n) is 2.76. The fraction of sp³-hybridized carbons (Fsp3) is 0.600. The van der Waals surface area contributed by atoms with Crippen LogP contribution in [-0.2, 0) is 6.54 Å². The molecule has 1 atom stereocenters. The molecule has 0 radical (unpaired) electrons. The molecule has 1 heterocycles. The van der Waals surface area contributed by atoms with E-state index >= 15 is 0 Å². The summed E-state index contributed by atoms with van der Waals surface area (Å²) >= 11 is 0. The van der Waals surface area contributed by atoms with Crippen LogP contribution in [-0.4, -0.2) is 43.1 Å². The van der Waals surface area contributed by atoms with E-state index in [0.717, 1.165) is 25.2 Å². The van der Waals surface area contributed by atoms with Gasteiger partial charge in [0.15, 0.2) is 0 Å². The minimum absolute atomic E-state index is 0.0733. The first-order chi connectivity index (χ1) is 10.1. The van der Waals surface area contributed by atoms with E-state index in [1.807, 2.05) is 6.07 Å². The number of nitro benzene ring substituents is 1. The number of nitrogens with zero attached hydrogens (tertiary/aromatic N) is 2. The summed E-state index contributed by atoms with van der Waals surface area (Å²) in [6, 6.07) is 4.88. The molecule has 1 aliphatic rings. The van der Waals surface area contributed by atoms with Crippen molar-refractivity contribution in [3.05, 3.63) is 33.9 Å². The quantitative estimate of drug-likeness (QED) is 0.615. The molecule has 1 fully saturated rings. The molecule has 6 heteroatoms. The van der Waals surface area contributed by atoms with E-state index < -0.39 is 0 Å². The zero-order valence-electron chi connectivity index (χ0n) is 12.7. The van der Waals surface area contributed by atoms with Gasteiger partial charge in [-0.3, -0.25) is 10.1 Å². The second-order valence-electron chi connectivity index (χ2n) is 5.48. The number of hydrogen-bond donors (Lipinski definition) is 1. The summed E-state index contributed by atoms with van der Waals surface area (Å²) < 4.78 is 5.12. The van der Waals surface area contributed by atoms with Gasteiger partial charge < -0.3 is 15.0 Å². The second kappa shape index (κ2) is 7.38. The van der Waals surface area contributed by atoms with Gasteiger partial charge in [-0.25, -0.2) is 0 Å². The van der Waals surface area contributed by atoms with Crippen LogP contribution in [0.1, 0.15) is 18.9 Å². The zero-order chi connectivity index (χ0) is 15.2. The van der Waals surface area contributed by atoms with E-state index in [-0.39, 0.29) is 10.6 Å². The average Bonchev–Trinajstić information content (AvgIpc) is 2.95. The van der Waals surface area contributed by atoms with Crippen LogP contribution >= 0.6 is 0 Å². The Morgan fingerprint density at radius 2 is 2.29 bits per heavy atom. The van der Waals surface area contributed by atoms with Gasteiger partial charge in [-0.15, -0.1) is 0 Å². The first-order valence-corrected chi connectivity index (χ1v) is 7.37. The molecule has 1 N–H and O–H groups in total. The molecule has 2 rings (SSSR count). The fourth-order valence-corrected chi connectivity index (χ4v) is 2.76. The largest absolute Gasteiger partial charge is 0.496 e. The number of rotatable bonds is 7. The summed E-state index contributed by atoms with van der Waals surface area (Å²) in [4.78, 5) is 13.0. The number of hydrogen-bond acceptors (Lipinski definition) is 5. The van der Waals surface area contributed by atoms with E-state index in [0.29, 0.717) is 18.2 Å². The zero-order valence-corrected chi connectivity index (χ0v) is 12.7. The lowest BCUT2D eigenvalue weighted by Crippen LogP contribution is -2.26. The third-order valence-electron chi connectivity index (χ3n) is 3.98. The summed E-state index contributed by atoms with van der Waals surface area (Å²) in [6.45, 7) is 7.18. The molecule has 1 saturated heterocycles. The molecule has 1 aromatic rings. The first-order valence-electron chi connectivity index (χ1n) is 7.37. The maximum Gasteiger partial charge on any atom is 0.273 e. The molecule has 0 saturated carbocycles. The molecule has 0 amide bonds. The molecule has 116 valence electrons. The predicted octanol–water partition coefficient (Wildman–Crippen LogP) is 2.03. The molecule has 0 aromatic heterocycles. The SMILES string of the molecule is CCN1CCC(CNCc2cc(OC)cc([N+](=O)[O-])c2)C1. The molecule has 1 aromatic carbocycles. The van der Waals surface area contributed by atoms with Gasteiger partial charge in [0.25, 0.3) is 5.69 Å². The van der Waals surface area contributed by atoms with E-state index in [1.54, 1.807) is 6.07 Å². The molecule has 1 unspecified atom stereocenters. The van der Waals surface area contributed by atoms with Crippen molar-refractivity contribution >= 4 is 5.69 Å². The van der Waals surface area contributed by atoms with Crippen molar-refractivity contribution in [1.29, 1.82) is 0 Å². The van der Waals surface area contributed by atoms with Gasteiger partial charge in [-0.2, -0.15) is 0 Å². The number of benzene rings is 1. The van der Waals surface area contributed by atoms with E-state index in [4.69, 9.17) is 4.74 Å². The summed E-state index contributed by atoms with van der Waals surface area (Å²) in [6.07, 6.45) is 1.22. The molecule has 6 nitrogen and oxygen atoms in total. The monoisotopic (exact) mass is 293 g/mol. The summed E-state index contributed by atoms with van der Waals surface area (Å²) in [5, 5.41) is 14.3. The number of nitrogens with one attached hydrogen (secondary N) is 1. The smallest absolute Gasteiger partial charge is 0.273 e. The van der Waals surface area contributed by atoms with Crippen LogP contribution in [0.15, 0.2) is 18.2 Å². The molecule has 21 heavy (non-hydrogen) atoms. The highest BCUT2D eigenvalue weighted by Crippen LogP contribution is 2.22. The number of ether oxygens (including phenoxy) is 1. The Labute approximate surface area is 125 Å². The van der Waals surface area contributed by atoms with Gasteiger partial charge in [-0.05, 0) is 43.6 Å². The topological polar surface area (TPSA) is 67.6 Å². The van der Waals surface area contributed by atoms with Gasteiger partial charge >= 0.3 is 0 Å². The lowest BCUT2D eigenvalue weighted by molar-refractivity contribution is -0.385. The number of non-ortho nitro benzene ring substituents is 1. The van der Waals surface area contributed by atoms with Gasteiger partial charge in [0.05, 0.1) is 18.1 Å². The summed E-state index contributed by atoms with van der Waals surface area (Å²) in [5.74, 6) is 1.20. The molecule has 1 aliphatic heterocycles. The Morgan fingerprint density at radius 3 is 2.90 bits per heavy atom. The van der Waals surface area contributed by atoms with Crippen LogP contribution < -0.4 is 10.1 Å². The second-order valence-corrected chi connectivity index (χ2v) is 5.48. The molecular weight excluding hydrogens is 270 g/mol. The predicted molar refractivity (Wildman–Crippen MR) is 81.6 cm³/mol. The lowest BCUT2D eigenvalue weighted by Gasteiger charge is -2.14. The van der Waals surface area contributed by atoms with Crippen molar-refractivity contribution in [1.82, 2.24) is 10.2 Å². The number of methoxy groups -OCH3 is 1. The van der Waals surface area contributed by atoms with Crippen LogP contribution in [0.2, 0.25) is 0 Å². The van der Waals surface area contributed by atoms with Crippen molar-refractivity contribution in [2.45, 2.75) is 19.9 Å². The van der Waals surface area contributed by atoms with Crippen molar-refractivity contribution in [2.24, 2.45) is 5.92 Å². The Bertz CT molecular complexity index is 493. The average molecular weight is 293 g/mol. The standard InChI is InChI=1S/C15H23N3O3/c1-3-17-5-4-12(11-17)9-16-10-13-6-14(18(19)20)8-15(7-13)21-2/h6-8,12,16H,3-5,9-11H2,1-2H3. The van der Waals surface area contributed by atoms with Crippen molar-refractivity contribution < 1.29 is 9.66 Å². The van der Waals surface area contributed by atoms with Gasteiger partial charge in [0.2, 0.25) is 0 Å². The van der Waals surface area contributed by atoms with Gasteiger partial charge in [0.1, 0.15) is 5.75 Å². The van der Waals surface area contributed by atoms with Crippen LogP contribution in [0.5, 0.6) is 5.75 Å².